The van der Waals surface area contributed by atoms with E-state index in [2.05, 4.69) is 5.32 Å². The van der Waals surface area contributed by atoms with E-state index in [1.807, 2.05) is 18.2 Å². The summed E-state index contributed by atoms with van der Waals surface area (Å²) in [5.74, 6) is 0.847. The maximum Gasteiger partial charge on any atom is 0.125 e. The van der Waals surface area contributed by atoms with Crippen LogP contribution >= 0.6 is 0 Å². The first-order valence-electron chi connectivity index (χ1n) is 5.91. The van der Waals surface area contributed by atoms with Gasteiger partial charge < -0.3 is 20.5 Å². The third-order valence-corrected chi connectivity index (χ3v) is 3.32. The van der Waals surface area contributed by atoms with Gasteiger partial charge in [-0.3, -0.25) is 0 Å². The van der Waals surface area contributed by atoms with Crippen LogP contribution in [-0.4, -0.2) is 26.4 Å². The lowest BCUT2D eigenvalue weighted by Crippen LogP contribution is -2.44. The van der Waals surface area contributed by atoms with Crippen LogP contribution in [0.5, 0.6) is 5.75 Å². The largest absolute Gasteiger partial charge is 0.496 e. The molecule has 2 rings (SSSR count). The van der Waals surface area contributed by atoms with Gasteiger partial charge in [0.05, 0.1) is 13.2 Å². The number of hydrogen-bond donors (Lipinski definition) is 2. The van der Waals surface area contributed by atoms with Gasteiger partial charge in [-0.1, -0.05) is 6.07 Å². The molecule has 0 aliphatic heterocycles. The molecular weight excluding hydrogens is 216 g/mol. The molecule has 1 aromatic rings. The Kier molecular flexibility index (Phi) is 3.86. The number of nitrogens with two attached hydrogens (primary N) is 1. The molecule has 0 saturated heterocycles. The lowest BCUT2D eigenvalue weighted by Gasteiger charge is -2.34. The van der Waals surface area contributed by atoms with E-state index < -0.39 is 0 Å². The monoisotopic (exact) mass is 236 g/mol. The predicted molar refractivity (Wildman–Crippen MR) is 68.1 cm³/mol. The molecule has 1 aliphatic carbocycles. The number of benzene rings is 1. The van der Waals surface area contributed by atoms with E-state index >= 15 is 0 Å². The van der Waals surface area contributed by atoms with Crippen molar-refractivity contribution in [3.05, 3.63) is 23.8 Å². The quantitative estimate of drug-likeness (QED) is 0.761. The molecule has 0 radical (unpaired) electrons. The zero-order chi connectivity index (χ0) is 12.3. The molecule has 1 fully saturated rings. The van der Waals surface area contributed by atoms with Gasteiger partial charge in [0, 0.05) is 37.0 Å². The van der Waals surface area contributed by atoms with Gasteiger partial charge in [0.15, 0.2) is 0 Å². The molecule has 1 saturated carbocycles. The van der Waals surface area contributed by atoms with E-state index in [4.69, 9.17) is 15.2 Å². The van der Waals surface area contributed by atoms with Crippen LogP contribution in [0.2, 0.25) is 0 Å². The molecule has 17 heavy (non-hydrogen) atoms. The highest BCUT2D eigenvalue weighted by Gasteiger charge is 2.28. The molecule has 4 heteroatoms. The van der Waals surface area contributed by atoms with Crippen molar-refractivity contribution in [2.75, 3.05) is 20.0 Å². The van der Waals surface area contributed by atoms with Crippen molar-refractivity contribution in [2.24, 2.45) is 0 Å². The Balaban J connectivity index is 1.87. The summed E-state index contributed by atoms with van der Waals surface area (Å²) in [6.45, 7) is 0.810. The Bertz CT molecular complexity index is 376. The van der Waals surface area contributed by atoms with E-state index in [-0.39, 0.29) is 0 Å². The van der Waals surface area contributed by atoms with Crippen LogP contribution in [0.25, 0.3) is 0 Å². The first-order valence-corrected chi connectivity index (χ1v) is 5.91. The number of nitrogens with one attached hydrogen (secondary N) is 1. The minimum atomic E-state index is 0.431. The number of nitrogen functional groups attached to an aromatic ring is 1. The topological polar surface area (TPSA) is 56.5 Å². The van der Waals surface area contributed by atoms with E-state index in [9.17, 15) is 0 Å². The fourth-order valence-electron chi connectivity index (χ4n) is 2.09. The summed E-state index contributed by atoms with van der Waals surface area (Å²) in [6, 6.07) is 6.32. The Morgan fingerprint density at radius 2 is 2.12 bits per heavy atom. The van der Waals surface area contributed by atoms with Crippen molar-refractivity contribution in [1.29, 1.82) is 0 Å². The van der Waals surface area contributed by atoms with Gasteiger partial charge in [0.25, 0.3) is 0 Å². The summed E-state index contributed by atoms with van der Waals surface area (Å²) in [5.41, 5.74) is 7.59. The Morgan fingerprint density at radius 3 is 2.76 bits per heavy atom. The summed E-state index contributed by atoms with van der Waals surface area (Å²) in [4.78, 5) is 0. The molecule has 1 aliphatic rings. The van der Waals surface area contributed by atoms with Crippen LogP contribution < -0.4 is 15.8 Å². The summed E-state index contributed by atoms with van der Waals surface area (Å²) in [5, 5.41) is 3.49. The van der Waals surface area contributed by atoms with Crippen molar-refractivity contribution in [3.8, 4) is 5.75 Å². The molecule has 0 atom stereocenters. The van der Waals surface area contributed by atoms with Crippen molar-refractivity contribution in [3.63, 3.8) is 0 Å². The fourth-order valence-corrected chi connectivity index (χ4v) is 2.09. The van der Waals surface area contributed by atoms with Crippen LogP contribution in [0, 0.1) is 0 Å². The maximum atomic E-state index is 5.72. The molecule has 0 bridgehead atoms. The van der Waals surface area contributed by atoms with Crippen molar-refractivity contribution in [1.82, 2.24) is 5.32 Å². The first kappa shape index (κ1) is 12.2. The van der Waals surface area contributed by atoms with Crippen molar-refractivity contribution in [2.45, 2.75) is 31.5 Å². The van der Waals surface area contributed by atoms with Crippen molar-refractivity contribution < 1.29 is 9.47 Å². The molecule has 4 nitrogen and oxygen atoms in total. The molecule has 3 N–H and O–H groups in total. The molecule has 1 aromatic carbocycles. The average molecular weight is 236 g/mol. The average Bonchev–Trinajstić information content (AvgIpc) is 2.28. The Hall–Kier alpha value is -1.26. The zero-order valence-electron chi connectivity index (χ0n) is 10.4. The highest BCUT2D eigenvalue weighted by atomic mass is 16.5. The van der Waals surface area contributed by atoms with Gasteiger partial charge in [-0.2, -0.15) is 0 Å². The smallest absolute Gasteiger partial charge is 0.125 e. The Morgan fingerprint density at radius 1 is 1.35 bits per heavy atom. The lowest BCUT2D eigenvalue weighted by atomic mass is 9.89. The minimum Gasteiger partial charge on any atom is -0.496 e. The van der Waals surface area contributed by atoms with Gasteiger partial charge in [0.1, 0.15) is 5.75 Å². The normalized spacial score (nSPS) is 23.2. The van der Waals surface area contributed by atoms with E-state index in [0.717, 1.165) is 36.4 Å². The van der Waals surface area contributed by atoms with Crippen LogP contribution in [0.4, 0.5) is 5.69 Å². The van der Waals surface area contributed by atoms with E-state index in [1.165, 1.54) is 0 Å². The number of ether oxygens (including phenoxy) is 2. The summed E-state index contributed by atoms with van der Waals surface area (Å²) >= 11 is 0. The number of methoxy groups -OCH3 is 2. The standard InChI is InChI=1S/C13H20N2O2/c1-16-12-6-11(7-12)15-8-9-3-4-10(14)5-13(9)17-2/h3-5,11-12,15H,6-8,14H2,1-2H3. The molecule has 0 amide bonds. The lowest BCUT2D eigenvalue weighted by molar-refractivity contribution is 0.0169. The van der Waals surface area contributed by atoms with Gasteiger partial charge >= 0.3 is 0 Å². The van der Waals surface area contributed by atoms with Crippen LogP contribution in [0.1, 0.15) is 18.4 Å². The third-order valence-electron chi connectivity index (χ3n) is 3.32. The van der Waals surface area contributed by atoms with Crippen LogP contribution in [0.3, 0.4) is 0 Å². The van der Waals surface area contributed by atoms with Crippen molar-refractivity contribution >= 4 is 5.69 Å². The second-order valence-electron chi connectivity index (χ2n) is 4.48. The molecular formula is C13H20N2O2. The number of hydrogen-bond acceptors (Lipinski definition) is 4. The summed E-state index contributed by atoms with van der Waals surface area (Å²) in [6.07, 6.45) is 2.61. The zero-order valence-corrected chi connectivity index (χ0v) is 10.4. The second kappa shape index (κ2) is 5.38. The molecule has 0 spiro atoms. The maximum absolute atomic E-state index is 5.72. The van der Waals surface area contributed by atoms with Crippen LogP contribution in [0.15, 0.2) is 18.2 Å². The number of rotatable bonds is 5. The highest BCUT2D eigenvalue weighted by Crippen LogP contribution is 2.25. The fraction of sp³-hybridized carbons (Fsp3) is 0.538. The van der Waals surface area contributed by atoms with E-state index in [0.29, 0.717) is 12.1 Å². The molecule has 0 aromatic heterocycles. The molecule has 94 valence electrons. The first-order chi connectivity index (χ1) is 8.22. The molecule has 0 heterocycles. The Labute approximate surface area is 102 Å². The molecule has 0 unspecified atom stereocenters. The number of anilines is 1. The highest BCUT2D eigenvalue weighted by molar-refractivity contribution is 5.48. The minimum absolute atomic E-state index is 0.431. The van der Waals surface area contributed by atoms with Gasteiger partial charge in [0.2, 0.25) is 0 Å². The van der Waals surface area contributed by atoms with Gasteiger partial charge in [-0.25, -0.2) is 0 Å². The summed E-state index contributed by atoms with van der Waals surface area (Å²) in [7, 11) is 3.44. The van der Waals surface area contributed by atoms with Crippen LogP contribution in [-0.2, 0) is 11.3 Å². The summed E-state index contributed by atoms with van der Waals surface area (Å²) < 4.78 is 10.6. The second-order valence-corrected chi connectivity index (χ2v) is 4.48. The third kappa shape index (κ3) is 2.90. The van der Waals surface area contributed by atoms with Gasteiger partial charge in [-0.15, -0.1) is 0 Å². The van der Waals surface area contributed by atoms with Gasteiger partial charge in [-0.05, 0) is 18.9 Å². The van der Waals surface area contributed by atoms with E-state index in [1.54, 1.807) is 14.2 Å². The SMILES string of the molecule is COc1cc(N)ccc1CNC1CC(OC)C1. The predicted octanol–water partition coefficient (Wildman–Crippen LogP) is 1.54.